The van der Waals surface area contributed by atoms with Gasteiger partial charge in [0.1, 0.15) is 12.3 Å². The average molecular weight is 384 g/mol. The second-order valence-electron chi connectivity index (χ2n) is 7.67. The molecule has 3 heterocycles. The molecule has 0 aliphatic carbocycles. The predicted octanol–water partition coefficient (Wildman–Crippen LogP) is 0.696. The lowest BCUT2D eigenvalue weighted by atomic mass is 9.89. The predicted molar refractivity (Wildman–Crippen MR) is 103 cm³/mol. The molecule has 0 radical (unpaired) electrons. The zero-order valence-electron chi connectivity index (χ0n) is 15.9. The fourth-order valence-electron chi connectivity index (χ4n) is 4.42. The second kappa shape index (κ2) is 7.35. The van der Waals surface area contributed by atoms with E-state index in [-0.39, 0.29) is 18.0 Å². The van der Waals surface area contributed by atoms with Crippen LogP contribution in [0.2, 0.25) is 0 Å². The molecule has 1 aromatic heterocycles. The normalized spacial score (nSPS) is 21.8. The van der Waals surface area contributed by atoms with Gasteiger partial charge in [-0.25, -0.2) is 4.79 Å². The van der Waals surface area contributed by atoms with Crippen LogP contribution in [0.4, 0.5) is 0 Å². The van der Waals surface area contributed by atoms with Crippen LogP contribution in [0.25, 0.3) is 11.0 Å². The Morgan fingerprint density at radius 2 is 1.86 bits per heavy atom. The number of likely N-dealkylation sites (tertiary alicyclic amines) is 1. The Bertz CT molecular complexity index is 998. The van der Waals surface area contributed by atoms with E-state index in [2.05, 4.69) is 10.2 Å². The van der Waals surface area contributed by atoms with Gasteiger partial charge in [0.05, 0.1) is 17.6 Å². The van der Waals surface area contributed by atoms with E-state index in [1.165, 1.54) is 10.1 Å². The minimum absolute atomic E-state index is 0.233. The van der Waals surface area contributed by atoms with E-state index in [1.807, 2.05) is 18.2 Å². The monoisotopic (exact) mass is 384 g/mol. The lowest BCUT2D eigenvalue weighted by Gasteiger charge is -2.30. The maximum absolute atomic E-state index is 12.8. The molecule has 4 rings (SSSR count). The van der Waals surface area contributed by atoms with Gasteiger partial charge in [0.25, 0.3) is 0 Å². The highest BCUT2D eigenvalue weighted by Gasteiger charge is 2.31. The molecule has 2 aliphatic rings. The molecule has 2 amide bonds. The summed E-state index contributed by atoms with van der Waals surface area (Å²) in [6.07, 6.45) is 3.46. The first-order valence-electron chi connectivity index (χ1n) is 9.70. The van der Waals surface area contributed by atoms with Crippen molar-refractivity contribution in [2.45, 2.75) is 37.6 Å². The van der Waals surface area contributed by atoms with Gasteiger partial charge >= 0.3 is 5.69 Å². The van der Waals surface area contributed by atoms with Crippen LogP contribution >= 0.6 is 0 Å². The number of aryl methyl sites for hydroxylation is 1. The summed E-state index contributed by atoms with van der Waals surface area (Å²) in [5.41, 5.74) is 2.43. The SMILES string of the molecule is Cn1c(=O)n(C2CCC(=O)NC2=O)c2ccc(C3CCN(CC=O)CC3)cc21. The zero-order chi connectivity index (χ0) is 19.8. The number of fused-ring (bicyclic) bond motifs is 1. The van der Waals surface area contributed by atoms with Crippen LogP contribution in [0.1, 0.15) is 43.2 Å². The number of aldehydes is 1. The van der Waals surface area contributed by atoms with Crippen molar-refractivity contribution in [2.75, 3.05) is 19.6 Å². The molecular weight excluding hydrogens is 360 g/mol. The Hall–Kier alpha value is -2.74. The standard InChI is InChI=1S/C20H24N4O4/c1-22-17-12-14(13-6-8-23(9-7-13)10-11-25)2-3-15(17)24(20(22)28)16-4-5-18(26)21-19(16)27/h2-3,11-13,16H,4-10H2,1H3,(H,21,26,27). The molecule has 28 heavy (non-hydrogen) atoms. The van der Waals surface area contributed by atoms with Gasteiger partial charge in [0, 0.05) is 13.5 Å². The number of imide groups is 1. The number of nitrogens with zero attached hydrogens (tertiary/aromatic N) is 3. The lowest BCUT2D eigenvalue weighted by Crippen LogP contribution is -2.44. The molecule has 8 nitrogen and oxygen atoms in total. The fraction of sp³-hybridized carbons (Fsp3) is 0.500. The molecule has 2 aliphatic heterocycles. The number of nitrogens with one attached hydrogen (secondary N) is 1. The Kier molecular flexibility index (Phi) is 4.89. The molecular formula is C20H24N4O4. The number of amides is 2. The molecule has 2 aromatic rings. The van der Waals surface area contributed by atoms with E-state index in [0.29, 0.717) is 24.4 Å². The van der Waals surface area contributed by atoms with Gasteiger partial charge < -0.3 is 4.79 Å². The van der Waals surface area contributed by atoms with Crippen LogP contribution in [0.3, 0.4) is 0 Å². The van der Waals surface area contributed by atoms with Crippen molar-refractivity contribution in [3.05, 3.63) is 34.2 Å². The quantitative estimate of drug-likeness (QED) is 0.619. The number of hydrogen-bond acceptors (Lipinski definition) is 5. The molecule has 1 aromatic carbocycles. The van der Waals surface area contributed by atoms with Gasteiger partial charge in [-0.2, -0.15) is 0 Å². The summed E-state index contributed by atoms with van der Waals surface area (Å²) in [6, 6.07) is 5.32. The number of piperidine rings is 2. The molecule has 1 unspecified atom stereocenters. The molecule has 1 N–H and O–H groups in total. The molecule has 0 spiro atoms. The highest BCUT2D eigenvalue weighted by atomic mass is 16.2. The summed E-state index contributed by atoms with van der Waals surface area (Å²) in [5.74, 6) is -0.323. The van der Waals surface area contributed by atoms with E-state index < -0.39 is 11.9 Å². The number of aromatic nitrogens is 2. The second-order valence-corrected chi connectivity index (χ2v) is 7.67. The lowest BCUT2D eigenvalue weighted by molar-refractivity contribution is -0.135. The van der Waals surface area contributed by atoms with Crippen LogP contribution in [0.15, 0.2) is 23.0 Å². The van der Waals surface area contributed by atoms with Crippen LogP contribution in [0, 0.1) is 0 Å². The third kappa shape index (κ3) is 3.17. The van der Waals surface area contributed by atoms with Crippen molar-refractivity contribution < 1.29 is 14.4 Å². The molecule has 0 saturated carbocycles. The Morgan fingerprint density at radius 3 is 2.54 bits per heavy atom. The summed E-state index contributed by atoms with van der Waals surface area (Å²) in [7, 11) is 1.71. The summed E-state index contributed by atoms with van der Waals surface area (Å²) < 4.78 is 3.08. The highest BCUT2D eigenvalue weighted by Crippen LogP contribution is 2.31. The van der Waals surface area contributed by atoms with Gasteiger partial charge in [0.15, 0.2) is 0 Å². The fourth-order valence-corrected chi connectivity index (χ4v) is 4.42. The number of carbonyl (C=O) groups is 3. The van der Waals surface area contributed by atoms with E-state index in [1.54, 1.807) is 11.6 Å². The minimum Gasteiger partial charge on any atom is -0.302 e. The average Bonchev–Trinajstić information content (AvgIpc) is 2.93. The van der Waals surface area contributed by atoms with Crippen LogP contribution in [-0.4, -0.2) is 51.8 Å². The third-order valence-electron chi connectivity index (χ3n) is 6.03. The summed E-state index contributed by atoms with van der Waals surface area (Å²) >= 11 is 0. The van der Waals surface area contributed by atoms with Crippen molar-refractivity contribution in [3.63, 3.8) is 0 Å². The minimum atomic E-state index is -0.661. The van der Waals surface area contributed by atoms with Gasteiger partial charge in [-0.05, 0) is 56.0 Å². The topological polar surface area (TPSA) is 93.4 Å². The number of hydrogen-bond donors (Lipinski definition) is 1. The summed E-state index contributed by atoms with van der Waals surface area (Å²) in [6.45, 7) is 2.25. The number of benzene rings is 1. The first-order chi connectivity index (χ1) is 13.5. The van der Waals surface area contributed by atoms with Crippen molar-refractivity contribution in [2.24, 2.45) is 7.05 Å². The molecule has 148 valence electrons. The Morgan fingerprint density at radius 1 is 1.11 bits per heavy atom. The molecule has 1 atom stereocenters. The first kappa shape index (κ1) is 18.6. The Balaban J connectivity index is 1.65. The molecule has 2 saturated heterocycles. The highest BCUT2D eigenvalue weighted by molar-refractivity contribution is 6.00. The number of carbonyl (C=O) groups excluding carboxylic acids is 3. The van der Waals surface area contributed by atoms with Gasteiger partial charge in [-0.15, -0.1) is 0 Å². The van der Waals surface area contributed by atoms with Gasteiger partial charge in [-0.3, -0.25) is 28.9 Å². The van der Waals surface area contributed by atoms with Crippen LogP contribution < -0.4 is 11.0 Å². The largest absolute Gasteiger partial charge is 0.329 e. The van der Waals surface area contributed by atoms with Crippen LogP contribution in [-0.2, 0) is 21.4 Å². The summed E-state index contributed by atoms with van der Waals surface area (Å²) in [4.78, 5) is 49.4. The molecule has 2 fully saturated rings. The van der Waals surface area contributed by atoms with Crippen molar-refractivity contribution >= 4 is 29.1 Å². The van der Waals surface area contributed by atoms with Crippen molar-refractivity contribution in [1.29, 1.82) is 0 Å². The Labute approximate surface area is 162 Å². The third-order valence-corrected chi connectivity index (χ3v) is 6.03. The molecule has 0 bridgehead atoms. The number of rotatable bonds is 4. The summed E-state index contributed by atoms with van der Waals surface area (Å²) in [5, 5.41) is 2.33. The first-order valence-corrected chi connectivity index (χ1v) is 9.70. The molecule has 8 heteroatoms. The maximum Gasteiger partial charge on any atom is 0.329 e. The smallest absolute Gasteiger partial charge is 0.302 e. The van der Waals surface area contributed by atoms with Crippen LogP contribution in [0.5, 0.6) is 0 Å². The van der Waals surface area contributed by atoms with E-state index >= 15 is 0 Å². The van der Waals surface area contributed by atoms with Gasteiger partial charge in [0.2, 0.25) is 11.8 Å². The number of imidazole rings is 1. The maximum atomic E-state index is 12.8. The van der Waals surface area contributed by atoms with E-state index in [4.69, 9.17) is 0 Å². The van der Waals surface area contributed by atoms with Gasteiger partial charge in [-0.1, -0.05) is 6.07 Å². The van der Waals surface area contributed by atoms with Crippen molar-refractivity contribution in [1.82, 2.24) is 19.4 Å². The van der Waals surface area contributed by atoms with E-state index in [0.717, 1.165) is 37.7 Å². The zero-order valence-corrected chi connectivity index (χ0v) is 15.9. The van der Waals surface area contributed by atoms with Crippen molar-refractivity contribution in [3.8, 4) is 0 Å². The van der Waals surface area contributed by atoms with E-state index in [9.17, 15) is 19.2 Å².